The zero-order valence-electron chi connectivity index (χ0n) is 11.5. The lowest BCUT2D eigenvalue weighted by atomic mass is 9.79. The van der Waals surface area contributed by atoms with Crippen LogP contribution in [-0.4, -0.2) is 23.9 Å². The molecule has 6 heteroatoms. The van der Waals surface area contributed by atoms with Crippen LogP contribution in [0.4, 0.5) is 10.1 Å². The molecule has 112 valence electrons. The first-order valence-corrected chi connectivity index (χ1v) is 7.89. The molecule has 1 aliphatic heterocycles. The van der Waals surface area contributed by atoms with Gasteiger partial charge in [-0.15, -0.1) is 0 Å². The molecule has 3 rings (SSSR count). The number of hydrogen-bond donors (Lipinski definition) is 1. The van der Waals surface area contributed by atoms with Gasteiger partial charge in [-0.25, -0.2) is 4.39 Å². The summed E-state index contributed by atoms with van der Waals surface area (Å²) in [5.41, 5.74) is -0.234. The predicted octanol–water partition coefficient (Wildman–Crippen LogP) is 2.75. The number of rotatable bonds is 1. The molecule has 1 aliphatic carbocycles. The van der Waals surface area contributed by atoms with Gasteiger partial charge in [0, 0.05) is 4.47 Å². The average Bonchev–Trinajstić information content (AvgIpc) is 2.44. The smallest absolute Gasteiger partial charge is 0.253 e. The second kappa shape index (κ2) is 5.40. The molecule has 1 heterocycles. The third kappa shape index (κ3) is 2.57. The molecule has 21 heavy (non-hydrogen) atoms. The minimum Gasteiger partial charge on any atom is -0.340 e. The highest BCUT2D eigenvalue weighted by molar-refractivity contribution is 9.10. The van der Waals surface area contributed by atoms with E-state index in [0.29, 0.717) is 23.0 Å². The SMILES string of the molecule is O=C1CN(c2ccc(F)cc2Br)C(=O)C2(CCCCC2)N1. The van der Waals surface area contributed by atoms with Crippen molar-refractivity contribution in [3.8, 4) is 0 Å². The predicted molar refractivity (Wildman–Crippen MR) is 80.4 cm³/mol. The minimum absolute atomic E-state index is 0.0230. The summed E-state index contributed by atoms with van der Waals surface area (Å²) in [4.78, 5) is 26.4. The Morgan fingerprint density at radius 3 is 2.57 bits per heavy atom. The van der Waals surface area contributed by atoms with E-state index in [4.69, 9.17) is 0 Å². The van der Waals surface area contributed by atoms with E-state index in [-0.39, 0.29) is 24.2 Å². The third-order valence-electron chi connectivity index (χ3n) is 4.24. The molecule has 1 aromatic carbocycles. The molecule has 2 fully saturated rings. The molecule has 0 unspecified atom stereocenters. The Hall–Kier alpha value is -1.43. The molecular formula is C15H16BrFN2O2. The zero-order chi connectivity index (χ0) is 15.0. The molecule has 0 bridgehead atoms. The molecular weight excluding hydrogens is 339 g/mol. The van der Waals surface area contributed by atoms with Crippen LogP contribution in [0, 0.1) is 5.82 Å². The van der Waals surface area contributed by atoms with Gasteiger partial charge in [0.2, 0.25) is 5.91 Å². The van der Waals surface area contributed by atoms with E-state index in [9.17, 15) is 14.0 Å². The molecule has 1 N–H and O–H groups in total. The highest BCUT2D eigenvalue weighted by Gasteiger charge is 2.47. The molecule has 0 radical (unpaired) electrons. The number of carbonyl (C=O) groups is 2. The van der Waals surface area contributed by atoms with Gasteiger partial charge in [-0.3, -0.25) is 14.5 Å². The van der Waals surface area contributed by atoms with Crippen LogP contribution in [0.3, 0.4) is 0 Å². The minimum atomic E-state index is -0.776. The highest BCUT2D eigenvalue weighted by atomic mass is 79.9. The monoisotopic (exact) mass is 354 g/mol. The molecule has 4 nitrogen and oxygen atoms in total. The summed E-state index contributed by atoms with van der Waals surface area (Å²) >= 11 is 3.28. The average molecular weight is 355 g/mol. The number of halogens is 2. The van der Waals surface area contributed by atoms with Crippen LogP contribution < -0.4 is 10.2 Å². The standard InChI is InChI=1S/C15H16BrFN2O2/c16-11-8-10(17)4-5-12(11)19-9-13(20)18-15(14(19)21)6-2-1-3-7-15/h4-5,8H,1-3,6-7,9H2,(H,18,20). The Bertz CT molecular complexity index is 599. The van der Waals surface area contributed by atoms with Gasteiger partial charge in [0.15, 0.2) is 0 Å². The van der Waals surface area contributed by atoms with E-state index in [1.54, 1.807) is 0 Å². The summed E-state index contributed by atoms with van der Waals surface area (Å²) in [6.07, 6.45) is 4.31. The summed E-state index contributed by atoms with van der Waals surface area (Å²) in [5, 5.41) is 2.89. The highest BCUT2D eigenvalue weighted by Crippen LogP contribution is 2.36. The normalized spacial score (nSPS) is 21.5. The Morgan fingerprint density at radius 2 is 1.90 bits per heavy atom. The van der Waals surface area contributed by atoms with Gasteiger partial charge >= 0.3 is 0 Å². The number of hydrogen-bond acceptors (Lipinski definition) is 2. The number of piperazine rings is 1. The van der Waals surface area contributed by atoms with Crippen molar-refractivity contribution in [3.05, 3.63) is 28.5 Å². The van der Waals surface area contributed by atoms with Crippen molar-refractivity contribution in [2.45, 2.75) is 37.6 Å². The molecule has 1 saturated carbocycles. The van der Waals surface area contributed by atoms with Crippen LogP contribution in [0.15, 0.2) is 22.7 Å². The van der Waals surface area contributed by atoms with Gasteiger partial charge in [-0.1, -0.05) is 19.3 Å². The first kappa shape index (κ1) is 14.5. The summed E-state index contributed by atoms with van der Waals surface area (Å²) in [6, 6.07) is 4.14. The first-order valence-electron chi connectivity index (χ1n) is 7.10. The van der Waals surface area contributed by atoms with E-state index >= 15 is 0 Å². The topological polar surface area (TPSA) is 49.4 Å². The largest absolute Gasteiger partial charge is 0.340 e. The van der Waals surface area contributed by atoms with Crippen LogP contribution in [0.2, 0.25) is 0 Å². The molecule has 1 spiro atoms. The summed E-state index contributed by atoms with van der Waals surface area (Å²) < 4.78 is 13.7. The van der Waals surface area contributed by atoms with E-state index in [0.717, 1.165) is 19.3 Å². The Balaban J connectivity index is 1.97. The number of amides is 2. The molecule has 1 saturated heterocycles. The van der Waals surface area contributed by atoms with E-state index in [1.807, 2.05) is 0 Å². The Labute approximate surface area is 130 Å². The molecule has 0 atom stereocenters. The maximum atomic E-state index is 13.2. The van der Waals surface area contributed by atoms with Crippen molar-refractivity contribution < 1.29 is 14.0 Å². The third-order valence-corrected chi connectivity index (χ3v) is 4.88. The summed E-state index contributed by atoms with van der Waals surface area (Å²) in [7, 11) is 0. The van der Waals surface area contributed by atoms with E-state index in [2.05, 4.69) is 21.2 Å². The van der Waals surface area contributed by atoms with E-state index < -0.39 is 5.54 Å². The Kier molecular flexibility index (Phi) is 3.73. The van der Waals surface area contributed by atoms with Gasteiger partial charge in [-0.05, 0) is 47.0 Å². The first-order chi connectivity index (χ1) is 10.0. The zero-order valence-corrected chi connectivity index (χ0v) is 13.1. The Morgan fingerprint density at radius 1 is 1.19 bits per heavy atom. The molecule has 1 aromatic rings. The number of nitrogens with zero attached hydrogens (tertiary/aromatic N) is 1. The van der Waals surface area contributed by atoms with Gasteiger partial charge in [-0.2, -0.15) is 0 Å². The van der Waals surface area contributed by atoms with Crippen LogP contribution in [0.1, 0.15) is 32.1 Å². The van der Waals surface area contributed by atoms with Crippen molar-refractivity contribution in [1.82, 2.24) is 5.32 Å². The lowest BCUT2D eigenvalue weighted by Gasteiger charge is -2.44. The van der Waals surface area contributed by atoms with Crippen LogP contribution in [0.25, 0.3) is 0 Å². The summed E-state index contributed by atoms with van der Waals surface area (Å²) in [5.74, 6) is -0.631. The van der Waals surface area contributed by atoms with Crippen molar-refractivity contribution in [2.24, 2.45) is 0 Å². The van der Waals surface area contributed by atoms with Crippen molar-refractivity contribution in [3.63, 3.8) is 0 Å². The van der Waals surface area contributed by atoms with Crippen molar-refractivity contribution in [1.29, 1.82) is 0 Å². The van der Waals surface area contributed by atoms with Crippen molar-refractivity contribution in [2.75, 3.05) is 11.4 Å². The quantitative estimate of drug-likeness (QED) is 0.842. The lowest BCUT2D eigenvalue weighted by molar-refractivity contribution is -0.137. The molecule has 2 aliphatic rings. The second-order valence-corrected chi connectivity index (χ2v) is 6.53. The second-order valence-electron chi connectivity index (χ2n) is 5.68. The van der Waals surface area contributed by atoms with Crippen LogP contribution in [0.5, 0.6) is 0 Å². The summed E-state index contributed by atoms with van der Waals surface area (Å²) in [6.45, 7) is -0.0230. The maximum Gasteiger partial charge on any atom is 0.253 e. The van der Waals surface area contributed by atoms with E-state index in [1.165, 1.54) is 23.1 Å². The lowest BCUT2D eigenvalue weighted by Crippen LogP contribution is -2.67. The fourth-order valence-corrected chi connectivity index (χ4v) is 3.79. The van der Waals surface area contributed by atoms with Crippen LogP contribution >= 0.6 is 15.9 Å². The fraction of sp³-hybridized carbons (Fsp3) is 0.467. The number of nitrogens with one attached hydrogen (secondary N) is 1. The number of benzene rings is 1. The van der Waals surface area contributed by atoms with Gasteiger partial charge in [0.05, 0.1) is 5.69 Å². The van der Waals surface area contributed by atoms with Gasteiger partial charge in [0.25, 0.3) is 5.91 Å². The maximum absolute atomic E-state index is 13.2. The van der Waals surface area contributed by atoms with Crippen molar-refractivity contribution >= 4 is 33.4 Å². The van der Waals surface area contributed by atoms with Gasteiger partial charge < -0.3 is 5.32 Å². The number of anilines is 1. The van der Waals surface area contributed by atoms with Crippen LogP contribution in [-0.2, 0) is 9.59 Å². The van der Waals surface area contributed by atoms with Gasteiger partial charge in [0.1, 0.15) is 17.9 Å². The molecule has 2 amide bonds. The molecule has 0 aromatic heterocycles. The fourth-order valence-electron chi connectivity index (χ4n) is 3.22. The number of carbonyl (C=O) groups excluding carboxylic acids is 2.